The second-order valence-corrected chi connectivity index (χ2v) is 7.14. The summed E-state index contributed by atoms with van der Waals surface area (Å²) in [5.41, 5.74) is 1.52. The normalized spacial score (nSPS) is 18.7. The number of carbonyl (C=O) groups is 1. The van der Waals surface area contributed by atoms with Crippen molar-refractivity contribution in [2.75, 3.05) is 5.32 Å². The maximum atomic E-state index is 13.7. The molecule has 4 heterocycles. The highest BCUT2D eigenvalue weighted by molar-refractivity contribution is 5.93. The molecule has 0 aliphatic carbocycles. The number of nitrogens with one attached hydrogen (secondary N) is 2. The molecule has 1 aliphatic rings. The minimum atomic E-state index is -4.52. The van der Waals surface area contributed by atoms with Crippen LogP contribution in [0.15, 0.2) is 35.1 Å². The fourth-order valence-electron chi connectivity index (χ4n) is 3.52. The van der Waals surface area contributed by atoms with Gasteiger partial charge in [-0.1, -0.05) is 0 Å². The van der Waals surface area contributed by atoms with Gasteiger partial charge in [0.1, 0.15) is 11.6 Å². The van der Waals surface area contributed by atoms with Gasteiger partial charge in [-0.05, 0) is 26.0 Å². The second-order valence-electron chi connectivity index (χ2n) is 7.14. The highest BCUT2D eigenvalue weighted by atomic mass is 19.4. The molecule has 4 rings (SSSR count). The summed E-state index contributed by atoms with van der Waals surface area (Å²) in [5.74, 6) is -0.0472. The molecule has 1 aliphatic heterocycles. The molecule has 2 unspecified atom stereocenters. The Labute approximate surface area is 170 Å². The van der Waals surface area contributed by atoms with E-state index in [0.29, 0.717) is 12.3 Å². The topological polar surface area (TPSA) is 89.9 Å². The lowest BCUT2D eigenvalue weighted by Crippen LogP contribution is -2.35. The van der Waals surface area contributed by atoms with Crippen LogP contribution in [0.2, 0.25) is 0 Å². The molecule has 11 heteroatoms. The lowest BCUT2D eigenvalue weighted by atomic mass is 10.0. The van der Waals surface area contributed by atoms with E-state index in [2.05, 4.69) is 20.8 Å². The third kappa shape index (κ3) is 3.79. The number of hydrogen-bond acceptors (Lipinski definition) is 5. The van der Waals surface area contributed by atoms with Crippen LogP contribution in [0.1, 0.15) is 52.9 Å². The van der Waals surface area contributed by atoms with Crippen molar-refractivity contribution >= 4 is 11.7 Å². The molecule has 0 saturated heterocycles. The summed E-state index contributed by atoms with van der Waals surface area (Å²) in [4.78, 5) is 12.5. The Morgan fingerprint density at radius 3 is 2.83 bits per heavy atom. The Kier molecular flexibility index (Phi) is 5.04. The van der Waals surface area contributed by atoms with Gasteiger partial charge in [0.15, 0.2) is 11.7 Å². The van der Waals surface area contributed by atoms with Crippen LogP contribution in [-0.4, -0.2) is 31.6 Å². The number of aryl methyl sites for hydroxylation is 2. The first-order chi connectivity index (χ1) is 14.3. The van der Waals surface area contributed by atoms with Gasteiger partial charge in [-0.25, -0.2) is 4.68 Å². The molecule has 2 atom stereocenters. The van der Waals surface area contributed by atoms with Crippen molar-refractivity contribution in [3.8, 4) is 0 Å². The fourth-order valence-corrected chi connectivity index (χ4v) is 3.52. The van der Waals surface area contributed by atoms with Gasteiger partial charge in [-0.3, -0.25) is 9.48 Å². The van der Waals surface area contributed by atoms with Crippen LogP contribution in [0, 0.1) is 6.92 Å². The Hall–Kier alpha value is -3.24. The number of anilines is 1. The highest BCUT2D eigenvalue weighted by Crippen LogP contribution is 2.43. The maximum Gasteiger partial charge on any atom is 0.410 e. The first kappa shape index (κ1) is 20.0. The number of nitrogens with zero attached hydrogens (tertiary/aromatic N) is 4. The number of amides is 1. The smallest absolute Gasteiger partial charge is 0.410 e. The number of rotatable bonds is 5. The summed E-state index contributed by atoms with van der Waals surface area (Å²) in [6.45, 7) is 4.68. The summed E-state index contributed by atoms with van der Waals surface area (Å²) in [6, 6.07) is 2.02. The van der Waals surface area contributed by atoms with Gasteiger partial charge in [0.25, 0.3) is 5.91 Å². The predicted octanol–water partition coefficient (Wildman–Crippen LogP) is 3.59. The molecule has 0 spiro atoms. The van der Waals surface area contributed by atoms with Gasteiger partial charge in [0, 0.05) is 37.3 Å². The van der Waals surface area contributed by atoms with Crippen LogP contribution in [0.4, 0.5) is 19.0 Å². The highest BCUT2D eigenvalue weighted by Gasteiger charge is 2.47. The second kappa shape index (κ2) is 7.54. The van der Waals surface area contributed by atoms with Crippen LogP contribution >= 0.6 is 0 Å². The molecule has 3 aromatic rings. The zero-order chi connectivity index (χ0) is 21.5. The van der Waals surface area contributed by atoms with E-state index >= 15 is 0 Å². The number of carbonyl (C=O) groups excluding carboxylic acids is 1. The van der Waals surface area contributed by atoms with E-state index < -0.39 is 24.2 Å². The molecule has 3 aromatic heterocycles. The summed E-state index contributed by atoms with van der Waals surface area (Å²) >= 11 is 0. The Morgan fingerprint density at radius 2 is 2.20 bits per heavy atom. The standard InChI is InChI=1S/C19H21F3N6O2/c1-3-27-10-12(11(2)25-27)9-23-18(29)14-8-17-24-13(15-5-4-6-30-15)7-16(19(20,21)22)28(17)26-14/h4-6,8,10,13,16,24H,3,7,9H2,1-2H3,(H,23,29). The lowest BCUT2D eigenvalue weighted by molar-refractivity contribution is -0.174. The fraction of sp³-hybridized carbons (Fsp3) is 0.421. The summed E-state index contributed by atoms with van der Waals surface area (Å²) in [5, 5.41) is 13.9. The average Bonchev–Trinajstić information content (AvgIpc) is 3.43. The molecular weight excluding hydrogens is 401 g/mol. The van der Waals surface area contributed by atoms with Crippen molar-refractivity contribution in [2.24, 2.45) is 0 Å². The van der Waals surface area contributed by atoms with Gasteiger partial charge in [-0.2, -0.15) is 23.4 Å². The lowest BCUT2D eigenvalue weighted by Gasteiger charge is -2.32. The van der Waals surface area contributed by atoms with E-state index in [0.717, 1.165) is 15.9 Å². The largest absolute Gasteiger partial charge is 0.467 e. The van der Waals surface area contributed by atoms with Gasteiger partial charge >= 0.3 is 6.18 Å². The maximum absolute atomic E-state index is 13.7. The quantitative estimate of drug-likeness (QED) is 0.656. The molecule has 1 amide bonds. The first-order valence-electron chi connectivity index (χ1n) is 9.53. The molecule has 0 saturated carbocycles. The van der Waals surface area contributed by atoms with E-state index in [9.17, 15) is 18.0 Å². The van der Waals surface area contributed by atoms with Crippen LogP contribution < -0.4 is 10.6 Å². The molecular formula is C19H21F3N6O2. The molecule has 0 aromatic carbocycles. The number of aromatic nitrogens is 4. The minimum Gasteiger partial charge on any atom is -0.467 e. The monoisotopic (exact) mass is 422 g/mol. The van der Waals surface area contributed by atoms with Gasteiger partial charge < -0.3 is 15.1 Å². The van der Waals surface area contributed by atoms with Crippen LogP contribution in [0.5, 0.6) is 0 Å². The molecule has 0 radical (unpaired) electrons. The molecule has 2 N–H and O–H groups in total. The number of halogens is 3. The minimum absolute atomic E-state index is 0.0904. The van der Waals surface area contributed by atoms with Crippen molar-refractivity contribution in [3.05, 3.63) is 53.4 Å². The van der Waals surface area contributed by atoms with Gasteiger partial charge in [-0.15, -0.1) is 0 Å². The van der Waals surface area contributed by atoms with Crippen LogP contribution in [-0.2, 0) is 13.1 Å². The van der Waals surface area contributed by atoms with Crippen molar-refractivity contribution in [1.29, 1.82) is 0 Å². The van der Waals surface area contributed by atoms with Crippen molar-refractivity contribution < 1.29 is 22.4 Å². The summed E-state index contributed by atoms with van der Waals surface area (Å²) in [6.07, 6.45) is -1.58. The average molecular weight is 422 g/mol. The summed E-state index contributed by atoms with van der Waals surface area (Å²) < 4.78 is 48.8. The molecule has 160 valence electrons. The Morgan fingerprint density at radius 1 is 1.40 bits per heavy atom. The predicted molar refractivity (Wildman–Crippen MR) is 101 cm³/mol. The first-order valence-corrected chi connectivity index (χ1v) is 9.53. The summed E-state index contributed by atoms with van der Waals surface area (Å²) in [7, 11) is 0. The van der Waals surface area contributed by atoms with E-state index in [1.165, 1.54) is 12.3 Å². The SMILES string of the molecule is CCn1cc(CNC(=O)c2cc3n(n2)C(C(F)(F)F)CC(c2ccco2)N3)c(C)n1. The molecule has 8 nitrogen and oxygen atoms in total. The number of hydrogen-bond donors (Lipinski definition) is 2. The number of fused-ring (bicyclic) bond motifs is 1. The van der Waals surface area contributed by atoms with E-state index in [4.69, 9.17) is 4.42 Å². The molecule has 30 heavy (non-hydrogen) atoms. The zero-order valence-electron chi connectivity index (χ0n) is 16.4. The van der Waals surface area contributed by atoms with E-state index in [-0.39, 0.29) is 24.5 Å². The third-order valence-electron chi connectivity index (χ3n) is 5.12. The number of furan rings is 1. The van der Waals surface area contributed by atoms with Crippen molar-refractivity contribution in [3.63, 3.8) is 0 Å². The Balaban J connectivity index is 1.55. The third-order valence-corrected chi connectivity index (χ3v) is 5.12. The van der Waals surface area contributed by atoms with E-state index in [1.54, 1.807) is 16.8 Å². The zero-order valence-corrected chi connectivity index (χ0v) is 16.4. The number of alkyl halides is 3. The van der Waals surface area contributed by atoms with Crippen LogP contribution in [0.25, 0.3) is 0 Å². The Bertz CT molecular complexity index is 1040. The molecule has 0 fully saturated rings. The van der Waals surface area contributed by atoms with Gasteiger partial charge in [0.05, 0.1) is 18.0 Å². The van der Waals surface area contributed by atoms with Crippen molar-refractivity contribution in [2.45, 2.75) is 51.6 Å². The van der Waals surface area contributed by atoms with Crippen LogP contribution in [0.3, 0.4) is 0 Å². The van der Waals surface area contributed by atoms with E-state index in [1.807, 2.05) is 20.0 Å². The van der Waals surface area contributed by atoms with Crippen molar-refractivity contribution in [1.82, 2.24) is 24.9 Å². The molecule has 0 bridgehead atoms. The van der Waals surface area contributed by atoms with Gasteiger partial charge in [0.2, 0.25) is 0 Å².